The van der Waals surface area contributed by atoms with E-state index in [1.54, 1.807) is 0 Å². The van der Waals surface area contributed by atoms with Gasteiger partial charge < -0.3 is 10.0 Å². The molecule has 0 radical (unpaired) electrons. The summed E-state index contributed by atoms with van der Waals surface area (Å²) in [5.74, 6) is -1.70. The molecule has 1 amide bonds. The van der Waals surface area contributed by atoms with E-state index in [-0.39, 0.29) is 52.6 Å². The monoisotopic (exact) mass is 609 g/mol. The lowest BCUT2D eigenvalue weighted by atomic mass is 9.72. The smallest absolute Gasteiger partial charge is 0.248 e. The number of Topliss-reactive ketones (excluding diaryl/α,β-unsaturated/α-hetero) is 2. The number of hydrogen-bond donors (Lipinski definition) is 1. The van der Waals surface area contributed by atoms with Gasteiger partial charge in [0.15, 0.2) is 0 Å². The van der Waals surface area contributed by atoms with Gasteiger partial charge >= 0.3 is 0 Å². The molecule has 5 nitrogen and oxygen atoms in total. The normalized spacial score (nSPS) is 24.6. The highest BCUT2D eigenvalue weighted by Gasteiger charge is 2.47. The first-order valence-electron chi connectivity index (χ1n) is 16.4. The van der Waals surface area contributed by atoms with Crippen LogP contribution >= 0.6 is 0 Å². The maximum Gasteiger partial charge on any atom is 0.248 e. The standard InChI is InChI=1S/C37H49F2NO4/c1-24-18-33(42)29(35(24)44)14-10-5-6-11-17-40(34(43)23-41)36(37(2,3)4)31-21-27(30-22-28(38)15-16-32(30)39)20-26(31)19-25-12-8-7-9-13-25/h7-9,12-13,15-16,22,24,26-27,29,31,36,41H,5-6,10-11,14,17-21,23H2,1-4H3/t24?,26?,27?,29?,31?,36-/m0/s1. The third-order valence-corrected chi connectivity index (χ3v) is 9.94. The zero-order chi connectivity index (χ0) is 32.0. The van der Waals surface area contributed by atoms with Crippen molar-refractivity contribution in [1.29, 1.82) is 0 Å². The SMILES string of the molecule is CC1CC(=O)C(CCCCCCN(C(=O)CO)[C@@H](C2CC(c3cc(F)ccc3F)CC2Cc2ccccc2)C(C)(C)C)C1=O. The molecule has 2 aliphatic carbocycles. The number of amides is 1. The molecular formula is C37H49F2NO4. The van der Waals surface area contributed by atoms with Crippen molar-refractivity contribution in [1.82, 2.24) is 4.90 Å². The van der Waals surface area contributed by atoms with Crippen LogP contribution in [0.3, 0.4) is 0 Å². The van der Waals surface area contributed by atoms with E-state index in [2.05, 4.69) is 32.9 Å². The molecule has 2 aromatic carbocycles. The predicted molar refractivity (Wildman–Crippen MR) is 168 cm³/mol. The molecule has 44 heavy (non-hydrogen) atoms. The van der Waals surface area contributed by atoms with Gasteiger partial charge in [-0.2, -0.15) is 0 Å². The van der Waals surface area contributed by atoms with Gasteiger partial charge in [-0.15, -0.1) is 0 Å². The Hall–Kier alpha value is -2.93. The van der Waals surface area contributed by atoms with E-state index >= 15 is 4.39 Å². The topological polar surface area (TPSA) is 74.7 Å². The number of ketones is 2. The van der Waals surface area contributed by atoms with E-state index in [4.69, 9.17) is 0 Å². The number of carbonyl (C=O) groups is 3. The Labute approximate surface area is 261 Å². The maximum absolute atomic E-state index is 15.0. The molecule has 1 N–H and O–H groups in total. The summed E-state index contributed by atoms with van der Waals surface area (Å²) in [5, 5.41) is 10.0. The van der Waals surface area contributed by atoms with Crippen LogP contribution in [0.25, 0.3) is 0 Å². The molecule has 2 fully saturated rings. The summed E-state index contributed by atoms with van der Waals surface area (Å²) in [6.07, 6.45) is 6.24. The number of hydrogen-bond acceptors (Lipinski definition) is 4. The molecule has 0 saturated heterocycles. The number of unbranched alkanes of at least 4 members (excludes halogenated alkanes) is 3. The Morgan fingerprint density at radius 3 is 2.34 bits per heavy atom. The Balaban J connectivity index is 1.51. The van der Waals surface area contributed by atoms with Crippen molar-refractivity contribution in [2.75, 3.05) is 13.2 Å². The fourth-order valence-corrected chi connectivity index (χ4v) is 7.96. The van der Waals surface area contributed by atoms with E-state index in [1.807, 2.05) is 30.0 Å². The van der Waals surface area contributed by atoms with Crippen LogP contribution in [0.5, 0.6) is 0 Å². The zero-order valence-corrected chi connectivity index (χ0v) is 26.7. The molecule has 0 aliphatic heterocycles. The lowest BCUT2D eigenvalue weighted by molar-refractivity contribution is -0.141. The first-order chi connectivity index (χ1) is 20.9. The molecule has 6 atom stereocenters. The molecule has 7 heteroatoms. The third kappa shape index (κ3) is 8.21. The number of carbonyl (C=O) groups excluding carboxylic acids is 3. The van der Waals surface area contributed by atoms with Gasteiger partial charge in [-0.05, 0) is 84.6 Å². The minimum absolute atomic E-state index is 0.0137. The lowest BCUT2D eigenvalue weighted by Crippen LogP contribution is -2.53. The van der Waals surface area contributed by atoms with E-state index in [0.717, 1.165) is 38.2 Å². The van der Waals surface area contributed by atoms with Gasteiger partial charge in [0, 0.05) is 24.9 Å². The zero-order valence-electron chi connectivity index (χ0n) is 26.7. The number of benzene rings is 2. The number of aliphatic hydroxyl groups excluding tert-OH is 1. The van der Waals surface area contributed by atoms with Gasteiger partial charge in [0.05, 0.1) is 5.92 Å². The van der Waals surface area contributed by atoms with Crippen LogP contribution in [0.15, 0.2) is 48.5 Å². The highest BCUT2D eigenvalue weighted by atomic mass is 19.1. The van der Waals surface area contributed by atoms with Crippen molar-refractivity contribution >= 4 is 17.5 Å². The molecule has 0 heterocycles. The molecule has 240 valence electrons. The number of halogens is 2. The predicted octanol–water partition coefficient (Wildman–Crippen LogP) is 7.30. The Morgan fingerprint density at radius 1 is 1.00 bits per heavy atom. The highest BCUT2D eigenvalue weighted by Crippen LogP contribution is 2.50. The van der Waals surface area contributed by atoms with Crippen molar-refractivity contribution in [3.8, 4) is 0 Å². The van der Waals surface area contributed by atoms with Crippen LogP contribution in [-0.4, -0.2) is 46.7 Å². The average molecular weight is 610 g/mol. The number of rotatable bonds is 13. The summed E-state index contributed by atoms with van der Waals surface area (Å²) in [6, 6.07) is 13.6. The van der Waals surface area contributed by atoms with Crippen molar-refractivity contribution in [3.05, 3.63) is 71.3 Å². The molecular weight excluding hydrogens is 560 g/mol. The number of nitrogens with zero attached hydrogens (tertiary/aromatic N) is 1. The summed E-state index contributed by atoms with van der Waals surface area (Å²) in [6.45, 7) is 8.05. The molecule has 2 saturated carbocycles. The molecule has 0 spiro atoms. The quantitative estimate of drug-likeness (QED) is 0.191. The fourth-order valence-electron chi connectivity index (χ4n) is 7.96. The van der Waals surface area contributed by atoms with Crippen LogP contribution in [0.1, 0.15) is 96.1 Å². The van der Waals surface area contributed by atoms with E-state index in [1.165, 1.54) is 17.7 Å². The van der Waals surface area contributed by atoms with Gasteiger partial charge in [-0.25, -0.2) is 8.78 Å². The minimum atomic E-state index is -0.589. The third-order valence-electron chi connectivity index (χ3n) is 9.94. The summed E-state index contributed by atoms with van der Waals surface area (Å²) >= 11 is 0. The van der Waals surface area contributed by atoms with Crippen molar-refractivity contribution in [2.24, 2.45) is 29.1 Å². The Bertz CT molecular complexity index is 1290. The summed E-state index contributed by atoms with van der Waals surface area (Å²) < 4.78 is 29.3. The summed E-state index contributed by atoms with van der Waals surface area (Å²) in [7, 11) is 0. The molecule has 0 bridgehead atoms. The molecule has 0 aromatic heterocycles. The van der Waals surface area contributed by atoms with Crippen LogP contribution in [0.4, 0.5) is 8.78 Å². The second kappa shape index (κ2) is 14.9. The second-order valence-corrected chi connectivity index (χ2v) is 14.2. The first kappa shape index (κ1) is 34.0. The number of aliphatic hydroxyl groups is 1. The van der Waals surface area contributed by atoms with E-state index in [9.17, 15) is 23.9 Å². The summed E-state index contributed by atoms with van der Waals surface area (Å²) in [5.41, 5.74) is 1.23. The Morgan fingerprint density at radius 2 is 1.70 bits per heavy atom. The van der Waals surface area contributed by atoms with Crippen LogP contribution in [0.2, 0.25) is 0 Å². The van der Waals surface area contributed by atoms with Crippen molar-refractivity contribution in [3.63, 3.8) is 0 Å². The summed E-state index contributed by atoms with van der Waals surface area (Å²) in [4.78, 5) is 39.7. The Kier molecular flexibility index (Phi) is 11.5. The largest absolute Gasteiger partial charge is 0.387 e. The lowest BCUT2D eigenvalue weighted by Gasteiger charge is -2.46. The van der Waals surface area contributed by atoms with Gasteiger partial charge in [0.2, 0.25) is 5.91 Å². The fraction of sp³-hybridized carbons (Fsp3) is 0.595. The van der Waals surface area contributed by atoms with Crippen LogP contribution in [0, 0.1) is 40.7 Å². The van der Waals surface area contributed by atoms with Gasteiger partial charge in [0.25, 0.3) is 0 Å². The van der Waals surface area contributed by atoms with Crippen LogP contribution in [-0.2, 0) is 20.8 Å². The van der Waals surface area contributed by atoms with E-state index in [0.29, 0.717) is 37.8 Å². The second-order valence-electron chi connectivity index (χ2n) is 14.2. The molecule has 5 unspecified atom stereocenters. The highest BCUT2D eigenvalue weighted by molar-refractivity contribution is 6.09. The molecule has 2 aromatic rings. The maximum atomic E-state index is 15.0. The minimum Gasteiger partial charge on any atom is -0.387 e. The van der Waals surface area contributed by atoms with Gasteiger partial charge in [-0.3, -0.25) is 14.4 Å². The van der Waals surface area contributed by atoms with Gasteiger partial charge in [-0.1, -0.05) is 77.3 Å². The van der Waals surface area contributed by atoms with Gasteiger partial charge in [0.1, 0.15) is 29.8 Å². The van der Waals surface area contributed by atoms with Crippen LogP contribution < -0.4 is 0 Å². The first-order valence-corrected chi connectivity index (χ1v) is 16.4. The molecule has 4 rings (SSSR count). The van der Waals surface area contributed by atoms with Crippen molar-refractivity contribution in [2.45, 2.75) is 97.4 Å². The average Bonchev–Trinajstić information content (AvgIpc) is 3.49. The molecule has 2 aliphatic rings. The van der Waals surface area contributed by atoms with E-state index < -0.39 is 24.2 Å². The van der Waals surface area contributed by atoms with Crippen molar-refractivity contribution < 1.29 is 28.3 Å².